The molecule has 0 amide bonds. The van der Waals surface area contributed by atoms with E-state index < -0.39 is 0 Å². The first kappa shape index (κ1) is 21.9. The molecule has 9 heteroatoms. The van der Waals surface area contributed by atoms with Crippen molar-refractivity contribution in [2.45, 2.75) is 31.2 Å². The molecular formula is C19H25N5O2S2. The van der Waals surface area contributed by atoms with Crippen LogP contribution in [0, 0.1) is 5.41 Å². The predicted octanol–water partition coefficient (Wildman–Crippen LogP) is 3.97. The van der Waals surface area contributed by atoms with Gasteiger partial charge in [-0.25, -0.2) is 0 Å². The summed E-state index contributed by atoms with van der Waals surface area (Å²) in [5, 5.41) is 8.32. The lowest BCUT2D eigenvalue weighted by molar-refractivity contribution is 0.364. The molecule has 0 saturated carbocycles. The van der Waals surface area contributed by atoms with Gasteiger partial charge in [0.05, 0.1) is 25.5 Å². The molecule has 0 fully saturated rings. The van der Waals surface area contributed by atoms with Gasteiger partial charge in [0.25, 0.3) is 0 Å². The number of hydrogen-bond donors (Lipinski definition) is 2. The van der Waals surface area contributed by atoms with Crippen LogP contribution in [0.2, 0.25) is 0 Å². The van der Waals surface area contributed by atoms with Gasteiger partial charge in [-0.15, -0.1) is 0 Å². The molecule has 0 spiro atoms. The first-order chi connectivity index (χ1) is 13.3. The Balaban J connectivity index is 2.06. The molecule has 150 valence electrons. The molecule has 28 heavy (non-hydrogen) atoms. The average Bonchev–Trinajstić information content (AvgIpc) is 2.66. The summed E-state index contributed by atoms with van der Waals surface area (Å²) >= 11 is 6.75. The zero-order valence-electron chi connectivity index (χ0n) is 16.6. The van der Waals surface area contributed by atoms with Crippen molar-refractivity contribution in [2.24, 2.45) is 10.5 Å². The summed E-state index contributed by atoms with van der Waals surface area (Å²) < 4.78 is 10.4. The molecule has 2 aromatic rings. The monoisotopic (exact) mass is 419 g/mol. The van der Waals surface area contributed by atoms with E-state index in [9.17, 15) is 0 Å². The second-order valence-corrected chi connectivity index (χ2v) is 8.37. The lowest BCUT2D eigenvalue weighted by Gasteiger charge is -2.26. The van der Waals surface area contributed by atoms with E-state index >= 15 is 0 Å². The van der Waals surface area contributed by atoms with Crippen LogP contribution in [0.1, 0.15) is 20.8 Å². The van der Waals surface area contributed by atoms with Gasteiger partial charge in [0.2, 0.25) is 11.8 Å². The minimum Gasteiger partial charge on any atom is -0.481 e. The highest BCUT2D eigenvalue weighted by atomic mass is 32.2. The third kappa shape index (κ3) is 6.97. The second kappa shape index (κ2) is 10.2. The number of aromatic nitrogens is 2. The lowest BCUT2D eigenvalue weighted by Crippen LogP contribution is -2.28. The SMILES string of the molecule is COc1cc(OC)nc(SC(/C=N/NC(=S)Nc2ccccc2)C(C)(C)C)n1. The number of hydrazone groups is 1. The maximum atomic E-state index is 5.28. The fourth-order valence-corrected chi connectivity index (χ4v) is 3.19. The smallest absolute Gasteiger partial charge is 0.220 e. The molecule has 1 aromatic heterocycles. The van der Waals surface area contributed by atoms with Crippen molar-refractivity contribution in [1.82, 2.24) is 15.4 Å². The van der Waals surface area contributed by atoms with Crippen LogP contribution in [-0.4, -0.2) is 40.8 Å². The van der Waals surface area contributed by atoms with Gasteiger partial charge in [-0.05, 0) is 29.8 Å². The van der Waals surface area contributed by atoms with E-state index in [0.717, 1.165) is 5.69 Å². The summed E-state index contributed by atoms with van der Waals surface area (Å²) in [6, 6.07) is 11.3. The minimum atomic E-state index is -0.0933. The van der Waals surface area contributed by atoms with E-state index in [2.05, 4.69) is 46.6 Å². The fraction of sp³-hybridized carbons (Fsp3) is 0.368. The van der Waals surface area contributed by atoms with Gasteiger partial charge >= 0.3 is 0 Å². The number of nitrogens with zero attached hydrogens (tertiary/aromatic N) is 3. The van der Waals surface area contributed by atoms with Gasteiger partial charge in [0, 0.05) is 11.9 Å². The van der Waals surface area contributed by atoms with Crippen LogP contribution in [0.4, 0.5) is 5.69 Å². The molecule has 2 N–H and O–H groups in total. The van der Waals surface area contributed by atoms with E-state index in [0.29, 0.717) is 22.0 Å². The number of thiocarbonyl (C=S) groups is 1. The molecule has 7 nitrogen and oxygen atoms in total. The van der Waals surface area contributed by atoms with E-state index in [1.54, 1.807) is 26.5 Å². The van der Waals surface area contributed by atoms with Crippen molar-refractivity contribution >= 4 is 41.0 Å². The van der Waals surface area contributed by atoms with Gasteiger partial charge in [0.1, 0.15) is 0 Å². The summed E-state index contributed by atoms with van der Waals surface area (Å²) in [5.41, 5.74) is 3.65. The summed E-state index contributed by atoms with van der Waals surface area (Å²) in [7, 11) is 3.12. The molecule has 1 heterocycles. The maximum absolute atomic E-state index is 5.28. The summed E-state index contributed by atoms with van der Waals surface area (Å²) in [5.74, 6) is 0.899. The van der Waals surface area contributed by atoms with Crippen molar-refractivity contribution in [3.63, 3.8) is 0 Å². The normalized spacial score (nSPS) is 12.5. The van der Waals surface area contributed by atoms with Crippen molar-refractivity contribution < 1.29 is 9.47 Å². The highest BCUT2D eigenvalue weighted by Crippen LogP contribution is 2.34. The topological polar surface area (TPSA) is 80.7 Å². The first-order valence-corrected chi connectivity index (χ1v) is 9.89. The number of thioether (sulfide) groups is 1. The van der Waals surface area contributed by atoms with E-state index in [1.165, 1.54) is 11.8 Å². The quantitative estimate of drug-likeness (QED) is 0.229. The Morgan fingerprint density at radius 2 is 1.75 bits per heavy atom. The minimum absolute atomic E-state index is 0.0173. The Bertz CT molecular complexity index is 787. The first-order valence-electron chi connectivity index (χ1n) is 8.60. The highest BCUT2D eigenvalue weighted by Gasteiger charge is 2.26. The van der Waals surface area contributed by atoms with Gasteiger partial charge in [-0.3, -0.25) is 5.43 Å². The van der Waals surface area contributed by atoms with Crippen LogP contribution in [0.5, 0.6) is 11.8 Å². The molecule has 1 atom stereocenters. The number of benzene rings is 1. The molecule has 0 bridgehead atoms. The molecule has 0 saturated heterocycles. The van der Waals surface area contributed by atoms with Gasteiger partial charge in [0.15, 0.2) is 10.3 Å². The fourth-order valence-electron chi connectivity index (χ4n) is 2.03. The Labute approximate surface area is 175 Å². The van der Waals surface area contributed by atoms with Gasteiger partial charge in [-0.2, -0.15) is 15.1 Å². The average molecular weight is 420 g/mol. The van der Waals surface area contributed by atoms with Crippen molar-refractivity contribution in [3.8, 4) is 11.8 Å². The molecule has 0 radical (unpaired) electrons. The van der Waals surface area contributed by atoms with Crippen LogP contribution >= 0.6 is 24.0 Å². The van der Waals surface area contributed by atoms with Crippen molar-refractivity contribution in [2.75, 3.05) is 19.5 Å². The number of anilines is 1. The van der Waals surface area contributed by atoms with E-state index in [-0.39, 0.29) is 10.7 Å². The Hall–Kier alpha value is -2.39. The van der Waals surface area contributed by atoms with E-state index in [1.807, 2.05) is 30.3 Å². The number of nitrogens with one attached hydrogen (secondary N) is 2. The number of ether oxygens (including phenoxy) is 2. The third-order valence-electron chi connectivity index (χ3n) is 3.57. The maximum Gasteiger partial charge on any atom is 0.220 e. The summed E-state index contributed by atoms with van der Waals surface area (Å²) in [4.78, 5) is 8.76. The van der Waals surface area contributed by atoms with Crippen LogP contribution in [0.3, 0.4) is 0 Å². The van der Waals surface area contributed by atoms with Gasteiger partial charge in [-0.1, -0.05) is 50.7 Å². The Morgan fingerprint density at radius 3 is 2.29 bits per heavy atom. The Kier molecular flexibility index (Phi) is 8.01. The molecule has 0 aliphatic carbocycles. The second-order valence-electron chi connectivity index (χ2n) is 6.85. The standard InChI is InChI=1S/C19H25N5O2S2/c1-19(2,3)14(28-18-22-15(25-4)11-16(23-18)26-5)12-20-24-17(27)21-13-9-7-6-8-10-13/h6-12,14H,1-5H3,(H2,21,24,27)/b20-12+. The number of para-hydroxylation sites is 1. The van der Waals surface area contributed by atoms with Crippen LogP contribution < -0.4 is 20.2 Å². The van der Waals surface area contributed by atoms with Crippen molar-refractivity contribution in [1.29, 1.82) is 0 Å². The lowest BCUT2D eigenvalue weighted by atomic mass is 9.92. The largest absolute Gasteiger partial charge is 0.481 e. The highest BCUT2D eigenvalue weighted by molar-refractivity contribution is 8.00. The van der Waals surface area contributed by atoms with E-state index in [4.69, 9.17) is 21.7 Å². The predicted molar refractivity (Wildman–Crippen MR) is 119 cm³/mol. The van der Waals surface area contributed by atoms with Crippen LogP contribution in [-0.2, 0) is 0 Å². The van der Waals surface area contributed by atoms with Crippen molar-refractivity contribution in [3.05, 3.63) is 36.4 Å². The van der Waals surface area contributed by atoms with Crippen LogP contribution in [0.15, 0.2) is 46.7 Å². The summed E-state index contributed by atoms with van der Waals surface area (Å²) in [6.07, 6.45) is 1.80. The number of rotatable bonds is 7. The Morgan fingerprint density at radius 1 is 1.14 bits per heavy atom. The third-order valence-corrected chi connectivity index (χ3v) is 5.24. The zero-order valence-corrected chi connectivity index (χ0v) is 18.2. The van der Waals surface area contributed by atoms with Gasteiger partial charge < -0.3 is 14.8 Å². The number of hydrogen-bond acceptors (Lipinski definition) is 7. The molecule has 0 aliphatic heterocycles. The molecule has 1 aromatic carbocycles. The zero-order chi connectivity index (χ0) is 20.6. The molecule has 1 unspecified atom stereocenters. The van der Waals surface area contributed by atoms with Crippen LogP contribution in [0.25, 0.3) is 0 Å². The molecule has 0 aliphatic rings. The summed E-state index contributed by atoms with van der Waals surface area (Å²) in [6.45, 7) is 6.36. The number of methoxy groups -OCH3 is 2. The molecule has 2 rings (SSSR count). The molecular weight excluding hydrogens is 394 g/mol.